The van der Waals surface area contributed by atoms with E-state index < -0.39 is 0 Å². The zero-order valence-electron chi connectivity index (χ0n) is 7.65. The van der Waals surface area contributed by atoms with E-state index in [4.69, 9.17) is 0 Å². The van der Waals surface area contributed by atoms with Crippen LogP contribution in [0.4, 0.5) is 0 Å². The predicted molar refractivity (Wildman–Crippen MR) is 52.0 cm³/mol. The van der Waals surface area contributed by atoms with E-state index in [1.54, 1.807) is 0 Å². The SMILES string of the molecule is CC(C)C(C)([SiH3])[SiH](C)C. The van der Waals surface area contributed by atoms with Gasteiger partial charge in [-0.05, 0) is 5.92 Å². The van der Waals surface area contributed by atoms with Crippen LogP contribution >= 0.6 is 0 Å². The van der Waals surface area contributed by atoms with Gasteiger partial charge >= 0.3 is 0 Å². The van der Waals surface area contributed by atoms with E-state index in [1.165, 1.54) is 10.2 Å². The standard InChI is InChI=1S/C7H20Si2/c1-6(2)7(3,8)9(4)5/h6,9H,1-5,8H3. The highest BCUT2D eigenvalue weighted by atomic mass is 28.3. The van der Waals surface area contributed by atoms with Crippen molar-refractivity contribution < 1.29 is 0 Å². The summed E-state index contributed by atoms with van der Waals surface area (Å²) in [4.78, 5) is 0. The Balaban J connectivity index is 4.01. The van der Waals surface area contributed by atoms with Crippen LogP contribution in [0, 0.1) is 5.92 Å². The van der Waals surface area contributed by atoms with Gasteiger partial charge in [0, 0.05) is 19.0 Å². The largest absolute Gasteiger partial charge is 0.0720 e. The summed E-state index contributed by atoms with van der Waals surface area (Å²) < 4.78 is 0.778. The molecule has 0 N–H and O–H groups in total. The Morgan fingerprint density at radius 3 is 1.67 bits per heavy atom. The van der Waals surface area contributed by atoms with Crippen LogP contribution in [0.25, 0.3) is 0 Å². The van der Waals surface area contributed by atoms with Crippen molar-refractivity contribution in [3.63, 3.8) is 0 Å². The van der Waals surface area contributed by atoms with E-state index in [9.17, 15) is 0 Å². The van der Waals surface area contributed by atoms with Crippen LogP contribution in [0.5, 0.6) is 0 Å². The molecule has 0 aromatic heterocycles. The molecule has 1 unspecified atom stereocenters. The molecule has 0 rings (SSSR count). The second-order valence-electron chi connectivity index (χ2n) is 4.13. The van der Waals surface area contributed by atoms with Gasteiger partial charge in [-0.15, -0.1) is 0 Å². The van der Waals surface area contributed by atoms with Gasteiger partial charge in [-0.2, -0.15) is 0 Å². The highest BCUT2D eigenvalue weighted by Crippen LogP contribution is 2.33. The first-order chi connectivity index (χ1) is 3.89. The Bertz CT molecular complexity index is 74.9. The summed E-state index contributed by atoms with van der Waals surface area (Å²) in [5, 5.41) is 0. The molecule has 0 saturated heterocycles. The molecule has 0 amide bonds. The summed E-state index contributed by atoms with van der Waals surface area (Å²) >= 11 is 0. The van der Waals surface area contributed by atoms with Crippen LogP contribution in [-0.4, -0.2) is 19.0 Å². The van der Waals surface area contributed by atoms with Gasteiger partial charge < -0.3 is 0 Å². The molecule has 0 spiro atoms. The van der Waals surface area contributed by atoms with Crippen LogP contribution in [0.3, 0.4) is 0 Å². The lowest BCUT2D eigenvalue weighted by Crippen LogP contribution is -2.29. The number of hydrogen-bond donors (Lipinski definition) is 0. The smallest absolute Gasteiger partial charge is 0.0332 e. The molecule has 2 heteroatoms. The maximum absolute atomic E-state index is 2.47. The summed E-state index contributed by atoms with van der Waals surface area (Å²) in [6.45, 7) is 12.1. The van der Waals surface area contributed by atoms with Crippen molar-refractivity contribution >= 4 is 19.0 Å². The number of rotatable bonds is 2. The van der Waals surface area contributed by atoms with Gasteiger partial charge in [-0.25, -0.2) is 0 Å². The minimum Gasteiger partial charge on any atom is -0.0720 e. The fraction of sp³-hybridized carbons (Fsp3) is 1.00. The van der Waals surface area contributed by atoms with Crippen molar-refractivity contribution in [3.8, 4) is 0 Å². The first kappa shape index (κ1) is 9.43. The van der Waals surface area contributed by atoms with Crippen LogP contribution in [0.1, 0.15) is 20.8 Å². The zero-order valence-corrected chi connectivity index (χ0v) is 10.8. The summed E-state index contributed by atoms with van der Waals surface area (Å²) in [6.07, 6.45) is 0. The van der Waals surface area contributed by atoms with Crippen molar-refractivity contribution in [2.45, 2.75) is 38.5 Å². The van der Waals surface area contributed by atoms with Crippen molar-refractivity contribution in [2.24, 2.45) is 5.92 Å². The molecule has 0 aromatic carbocycles. The molecule has 0 nitrogen and oxygen atoms in total. The molecule has 0 aliphatic carbocycles. The van der Waals surface area contributed by atoms with Gasteiger partial charge in [0.25, 0.3) is 0 Å². The molecule has 1 atom stereocenters. The molecule has 0 aromatic rings. The molecule has 0 bridgehead atoms. The van der Waals surface area contributed by atoms with Crippen LogP contribution in [0.15, 0.2) is 0 Å². The van der Waals surface area contributed by atoms with Crippen molar-refractivity contribution in [2.75, 3.05) is 0 Å². The second kappa shape index (κ2) is 3.01. The summed E-state index contributed by atoms with van der Waals surface area (Å²) in [6, 6.07) is 0. The van der Waals surface area contributed by atoms with Crippen LogP contribution in [-0.2, 0) is 0 Å². The molecule has 56 valence electrons. The Kier molecular flexibility index (Phi) is 3.16. The van der Waals surface area contributed by atoms with E-state index in [-0.39, 0.29) is 8.80 Å². The summed E-state index contributed by atoms with van der Waals surface area (Å²) in [5.41, 5.74) is 0. The third kappa shape index (κ3) is 2.26. The summed E-state index contributed by atoms with van der Waals surface area (Å²) in [5.74, 6) is 0.913. The Labute approximate surface area is 64.1 Å². The maximum Gasteiger partial charge on any atom is 0.0332 e. The fourth-order valence-electron chi connectivity index (χ4n) is 0.667. The molecular formula is C7H20Si2. The van der Waals surface area contributed by atoms with Crippen LogP contribution in [0.2, 0.25) is 17.8 Å². The van der Waals surface area contributed by atoms with E-state index >= 15 is 0 Å². The van der Waals surface area contributed by atoms with E-state index in [0.717, 1.165) is 10.6 Å². The fourth-order valence-corrected chi connectivity index (χ4v) is 2.00. The van der Waals surface area contributed by atoms with Crippen molar-refractivity contribution in [1.82, 2.24) is 0 Å². The minimum absolute atomic E-state index is 0.376. The zero-order chi connectivity index (χ0) is 7.65. The average Bonchev–Trinajstić information content (AvgIpc) is 1.65. The molecule has 0 fully saturated rings. The molecule has 9 heavy (non-hydrogen) atoms. The lowest BCUT2D eigenvalue weighted by atomic mass is 10.1. The van der Waals surface area contributed by atoms with Crippen molar-refractivity contribution in [3.05, 3.63) is 0 Å². The average molecular weight is 160 g/mol. The normalized spacial score (nSPS) is 19.0. The van der Waals surface area contributed by atoms with E-state index in [0.29, 0.717) is 0 Å². The lowest BCUT2D eigenvalue weighted by Gasteiger charge is -2.32. The monoisotopic (exact) mass is 160 g/mol. The Hall–Kier alpha value is 0.434. The maximum atomic E-state index is 2.47. The van der Waals surface area contributed by atoms with Gasteiger partial charge in [0.15, 0.2) is 0 Å². The molecule has 0 radical (unpaired) electrons. The third-order valence-corrected chi connectivity index (χ3v) is 11.2. The summed E-state index contributed by atoms with van der Waals surface area (Å²) in [7, 11) is 1.00. The van der Waals surface area contributed by atoms with Gasteiger partial charge in [0.2, 0.25) is 0 Å². The topological polar surface area (TPSA) is 0 Å². The van der Waals surface area contributed by atoms with E-state index in [1.807, 2.05) is 0 Å². The number of hydrogen-bond acceptors (Lipinski definition) is 0. The first-order valence-electron chi connectivity index (χ1n) is 3.89. The molecule has 0 saturated carbocycles. The second-order valence-corrected chi connectivity index (χ2v) is 11.2. The van der Waals surface area contributed by atoms with Gasteiger partial charge in [0.1, 0.15) is 0 Å². The first-order valence-corrected chi connectivity index (χ1v) is 7.77. The molecule has 0 aliphatic heterocycles. The molecule has 0 aliphatic rings. The Morgan fingerprint density at radius 1 is 1.33 bits per heavy atom. The molecular weight excluding hydrogens is 140 g/mol. The quantitative estimate of drug-likeness (QED) is 0.533. The lowest BCUT2D eigenvalue weighted by molar-refractivity contribution is 0.563. The third-order valence-electron chi connectivity index (χ3n) is 2.98. The highest BCUT2D eigenvalue weighted by Gasteiger charge is 2.26. The van der Waals surface area contributed by atoms with Crippen LogP contribution < -0.4 is 0 Å². The Morgan fingerprint density at radius 2 is 1.67 bits per heavy atom. The van der Waals surface area contributed by atoms with Gasteiger partial charge in [0.05, 0.1) is 0 Å². The van der Waals surface area contributed by atoms with E-state index in [2.05, 4.69) is 33.9 Å². The highest BCUT2D eigenvalue weighted by molar-refractivity contribution is 6.68. The van der Waals surface area contributed by atoms with Gasteiger partial charge in [-0.1, -0.05) is 38.5 Å². The van der Waals surface area contributed by atoms with Gasteiger partial charge in [-0.3, -0.25) is 0 Å². The molecule has 0 heterocycles. The predicted octanol–water partition coefficient (Wildman–Crippen LogP) is 1.21. The van der Waals surface area contributed by atoms with Crippen molar-refractivity contribution in [1.29, 1.82) is 0 Å². The minimum atomic E-state index is -0.376.